The Balaban J connectivity index is 1.57. The van der Waals surface area contributed by atoms with Crippen LogP contribution in [0.2, 0.25) is 0 Å². The SMILES string of the molecule is Nc1nccc2occ(-c3ccc4c(C(=O)Nc5ccccc5)cccc4c3)c12. The smallest absolute Gasteiger partial charge is 0.256 e. The molecule has 3 aromatic carbocycles. The second-order valence-electron chi connectivity index (χ2n) is 6.78. The monoisotopic (exact) mass is 379 g/mol. The van der Waals surface area contributed by atoms with Gasteiger partial charge in [0.15, 0.2) is 0 Å². The fourth-order valence-electron chi connectivity index (χ4n) is 3.59. The molecule has 140 valence electrons. The van der Waals surface area contributed by atoms with Crippen molar-refractivity contribution in [2.24, 2.45) is 0 Å². The van der Waals surface area contributed by atoms with Crippen molar-refractivity contribution < 1.29 is 9.21 Å². The van der Waals surface area contributed by atoms with Gasteiger partial charge < -0.3 is 15.5 Å². The van der Waals surface area contributed by atoms with Gasteiger partial charge in [-0.3, -0.25) is 4.79 Å². The van der Waals surface area contributed by atoms with Crippen LogP contribution in [-0.2, 0) is 0 Å². The number of pyridine rings is 1. The van der Waals surface area contributed by atoms with Crippen molar-refractivity contribution in [3.05, 3.63) is 90.8 Å². The zero-order chi connectivity index (χ0) is 19.8. The first-order chi connectivity index (χ1) is 14.2. The van der Waals surface area contributed by atoms with Gasteiger partial charge in [-0.2, -0.15) is 0 Å². The molecule has 0 fully saturated rings. The molecule has 0 saturated heterocycles. The average molecular weight is 379 g/mol. The van der Waals surface area contributed by atoms with E-state index in [2.05, 4.69) is 10.3 Å². The summed E-state index contributed by atoms with van der Waals surface area (Å²) >= 11 is 0. The van der Waals surface area contributed by atoms with Crippen molar-refractivity contribution in [2.45, 2.75) is 0 Å². The Hall–Kier alpha value is -4.12. The minimum atomic E-state index is -0.142. The summed E-state index contributed by atoms with van der Waals surface area (Å²) in [6, 6.07) is 22.9. The number of fused-ring (bicyclic) bond motifs is 2. The van der Waals surface area contributed by atoms with Crippen molar-refractivity contribution in [1.82, 2.24) is 4.98 Å². The van der Waals surface area contributed by atoms with E-state index in [0.29, 0.717) is 17.0 Å². The van der Waals surface area contributed by atoms with Gasteiger partial charge in [-0.05, 0) is 46.7 Å². The molecular weight excluding hydrogens is 362 g/mol. The predicted octanol–water partition coefficient (Wildman–Crippen LogP) is 5.48. The average Bonchev–Trinajstić information content (AvgIpc) is 3.19. The lowest BCUT2D eigenvalue weighted by molar-refractivity contribution is 0.102. The lowest BCUT2D eigenvalue weighted by atomic mass is 9.98. The van der Waals surface area contributed by atoms with Gasteiger partial charge >= 0.3 is 0 Å². The number of benzene rings is 3. The number of anilines is 2. The van der Waals surface area contributed by atoms with E-state index in [9.17, 15) is 4.79 Å². The number of carbonyl (C=O) groups is 1. The fourth-order valence-corrected chi connectivity index (χ4v) is 3.59. The van der Waals surface area contributed by atoms with Crippen LogP contribution in [0.15, 0.2) is 89.7 Å². The van der Waals surface area contributed by atoms with Gasteiger partial charge in [0.2, 0.25) is 0 Å². The number of rotatable bonds is 3. The van der Waals surface area contributed by atoms with Crippen LogP contribution in [0.4, 0.5) is 11.5 Å². The molecule has 0 aliphatic rings. The molecule has 2 heterocycles. The largest absolute Gasteiger partial charge is 0.463 e. The molecule has 0 saturated carbocycles. The molecule has 5 rings (SSSR count). The van der Waals surface area contributed by atoms with Crippen LogP contribution < -0.4 is 11.1 Å². The number of hydrogen-bond acceptors (Lipinski definition) is 4. The van der Waals surface area contributed by atoms with Crippen LogP contribution in [0.5, 0.6) is 0 Å². The van der Waals surface area contributed by atoms with E-state index in [-0.39, 0.29) is 5.91 Å². The first-order valence-electron chi connectivity index (χ1n) is 9.22. The summed E-state index contributed by atoms with van der Waals surface area (Å²) < 4.78 is 5.64. The molecule has 2 aromatic heterocycles. The second-order valence-corrected chi connectivity index (χ2v) is 6.78. The number of para-hydroxylation sites is 1. The number of nitrogens with two attached hydrogens (primary N) is 1. The topological polar surface area (TPSA) is 81.2 Å². The molecule has 0 atom stereocenters. The van der Waals surface area contributed by atoms with E-state index in [0.717, 1.165) is 33.0 Å². The van der Waals surface area contributed by atoms with Gasteiger partial charge in [-0.25, -0.2) is 4.98 Å². The number of nitrogen functional groups attached to an aromatic ring is 1. The molecule has 0 unspecified atom stereocenters. The Morgan fingerprint density at radius 1 is 0.966 bits per heavy atom. The number of hydrogen-bond donors (Lipinski definition) is 2. The molecular formula is C24H17N3O2. The highest BCUT2D eigenvalue weighted by molar-refractivity contribution is 6.13. The van der Waals surface area contributed by atoms with Crippen LogP contribution in [0.3, 0.4) is 0 Å². The highest BCUT2D eigenvalue weighted by atomic mass is 16.3. The van der Waals surface area contributed by atoms with Crippen molar-refractivity contribution >= 4 is 39.2 Å². The minimum absolute atomic E-state index is 0.142. The van der Waals surface area contributed by atoms with Crippen molar-refractivity contribution in [2.75, 3.05) is 11.1 Å². The molecule has 1 amide bonds. The molecule has 0 spiro atoms. The highest BCUT2D eigenvalue weighted by Crippen LogP contribution is 2.35. The molecule has 0 bridgehead atoms. The van der Waals surface area contributed by atoms with Crippen molar-refractivity contribution in [3.8, 4) is 11.1 Å². The molecule has 0 aliphatic heterocycles. The quantitative estimate of drug-likeness (QED) is 0.435. The second kappa shape index (κ2) is 6.80. The molecule has 5 heteroatoms. The number of nitrogens with one attached hydrogen (secondary N) is 1. The number of aromatic nitrogens is 1. The van der Waals surface area contributed by atoms with Gasteiger partial charge in [-0.1, -0.05) is 42.5 Å². The molecule has 0 aliphatic carbocycles. The maximum Gasteiger partial charge on any atom is 0.256 e. The summed E-state index contributed by atoms with van der Waals surface area (Å²) in [4.78, 5) is 17.0. The van der Waals surface area contributed by atoms with Crippen LogP contribution in [0.1, 0.15) is 10.4 Å². The third-order valence-electron chi connectivity index (χ3n) is 4.98. The van der Waals surface area contributed by atoms with E-state index >= 15 is 0 Å². The zero-order valence-electron chi connectivity index (χ0n) is 15.4. The summed E-state index contributed by atoms with van der Waals surface area (Å²) in [6.07, 6.45) is 3.32. The minimum Gasteiger partial charge on any atom is -0.463 e. The number of amides is 1. The third-order valence-corrected chi connectivity index (χ3v) is 4.98. The summed E-state index contributed by atoms with van der Waals surface area (Å²) in [5.41, 5.74) is 9.98. The predicted molar refractivity (Wildman–Crippen MR) is 116 cm³/mol. The summed E-state index contributed by atoms with van der Waals surface area (Å²) in [7, 11) is 0. The summed E-state index contributed by atoms with van der Waals surface area (Å²) in [5, 5.41) is 5.58. The standard InChI is InChI=1S/C24H17N3O2/c25-23-22-20(14-29-21(22)11-12-26-23)16-9-10-18-15(13-16)5-4-8-19(18)24(28)27-17-6-2-1-3-7-17/h1-14H,(H2,25,26)(H,27,28). The Bertz CT molecular complexity index is 1360. The Kier molecular flexibility index (Phi) is 3.99. The molecule has 3 N–H and O–H groups in total. The van der Waals surface area contributed by atoms with Gasteiger partial charge in [-0.15, -0.1) is 0 Å². The van der Waals surface area contributed by atoms with Crippen LogP contribution in [-0.4, -0.2) is 10.9 Å². The maximum absolute atomic E-state index is 12.8. The molecule has 5 aromatic rings. The van der Waals surface area contributed by atoms with Crippen LogP contribution in [0.25, 0.3) is 32.9 Å². The van der Waals surface area contributed by atoms with E-state index in [1.807, 2.05) is 66.7 Å². The highest BCUT2D eigenvalue weighted by Gasteiger charge is 2.14. The normalized spacial score (nSPS) is 11.0. The Morgan fingerprint density at radius 3 is 2.69 bits per heavy atom. The summed E-state index contributed by atoms with van der Waals surface area (Å²) in [5.74, 6) is 0.291. The van der Waals surface area contributed by atoms with E-state index in [1.54, 1.807) is 18.5 Å². The van der Waals surface area contributed by atoms with Gasteiger partial charge in [0.25, 0.3) is 5.91 Å². The third kappa shape index (κ3) is 2.99. The number of furan rings is 1. The number of carbonyl (C=O) groups excluding carboxylic acids is 1. The first-order valence-corrected chi connectivity index (χ1v) is 9.22. The van der Waals surface area contributed by atoms with Crippen LogP contribution >= 0.6 is 0 Å². The van der Waals surface area contributed by atoms with E-state index in [1.165, 1.54) is 0 Å². The van der Waals surface area contributed by atoms with Gasteiger partial charge in [0.05, 0.1) is 11.6 Å². The van der Waals surface area contributed by atoms with E-state index in [4.69, 9.17) is 10.2 Å². The lowest BCUT2D eigenvalue weighted by Crippen LogP contribution is -2.12. The lowest BCUT2D eigenvalue weighted by Gasteiger charge is -2.09. The van der Waals surface area contributed by atoms with Crippen molar-refractivity contribution in [1.29, 1.82) is 0 Å². The fraction of sp³-hybridized carbons (Fsp3) is 0. The number of nitrogens with zero attached hydrogens (tertiary/aromatic N) is 1. The first kappa shape index (κ1) is 17.0. The van der Waals surface area contributed by atoms with E-state index < -0.39 is 0 Å². The Labute approximate surface area is 166 Å². The van der Waals surface area contributed by atoms with Gasteiger partial charge in [0.1, 0.15) is 11.4 Å². The molecule has 0 radical (unpaired) electrons. The van der Waals surface area contributed by atoms with Crippen molar-refractivity contribution in [3.63, 3.8) is 0 Å². The zero-order valence-corrected chi connectivity index (χ0v) is 15.4. The Morgan fingerprint density at radius 2 is 1.83 bits per heavy atom. The summed E-state index contributed by atoms with van der Waals surface area (Å²) in [6.45, 7) is 0. The molecule has 5 nitrogen and oxygen atoms in total. The molecule has 29 heavy (non-hydrogen) atoms. The van der Waals surface area contributed by atoms with Crippen LogP contribution in [0, 0.1) is 0 Å². The maximum atomic E-state index is 12.8. The van der Waals surface area contributed by atoms with Gasteiger partial charge in [0, 0.05) is 23.0 Å².